The summed E-state index contributed by atoms with van der Waals surface area (Å²) in [5, 5.41) is 2.44. The minimum absolute atomic E-state index is 0.137. The Balaban J connectivity index is 3.88. The van der Waals surface area contributed by atoms with Crippen LogP contribution in [0.3, 0.4) is 0 Å². The van der Waals surface area contributed by atoms with Crippen LogP contribution in [0.1, 0.15) is 6.92 Å². The Bertz CT molecular complexity index is 135. The lowest BCUT2D eigenvalue weighted by atomic mass is 10.2. The molecule has 1 atom stereocenters. The molecule has 0 spiro atoms. The number of hydrogen-bond acceptors (Lipinski definition) is 2. The predicted molar refractivity (Wildman–Crippen MR) is 40.0 cm³/mol. The first-order valence-corrected chi connectivity index (χ1v) is 3.01. The van der Waals surface area contributed by atoms with Gasteiger partial charge in [0.25, 0.3) is 0 Å². The zero-order valence-electron chi connectivity index (χ0n) is 5.47. The molecule has 52 valence electrons. The second-order valence-corrected chi connectivity index (χ2v) is 2.21. The van der Waals surface area contributed by atoms with Gasteiger partial charge < -0.3 is 11.1 Å². The largest absolute Gasteiger partial charge is 0.393 e. The number of hydrogen-bond donors (Lipinski definition) is 2. The van der Waals surface area contributed by atoms with Crippen molar-refractivity contribution < 1.29 is 4.79 Å². The van der Waals surface area contributed by atoms with Crippen LogP contribution in [0.2, 0.25) is 0 Å². The fourth-order valence-corrected chi connectivity index (χ4v) is 0.453. The summed E-state index contributed by atoms with van der Waals surface area (Å²) in [6.07, 6.45) is 0. The maximum atomic E-state index is 10.7. The molecule has 0 saturated heterocycles. The molecule has 4 heteroatoms. The number of amides is 1. The van der Waals surface area contributed by atoms with Crippen molar-refractivity contribution in [3.63, 3.8) is 0 Å². The van der Waals surface area contributed by atoms with Crippen LogP contribution in [0.25, 0.3) is 0 Å². The lowest BCUT2D eigenvalue weighted by molar-refractivity contribution is -0.122. The summed E-state index contributed by atoms with van der Waals surface area (Å²) in [6, 6.07) is 0. The van der Waals surface area contributed by atoms with Crippen molar-refractivity contribution in [3.8, 4) is 0 Å². The molecule has 1 amide bonds. The zero-order valence-corrected chi connectivity index (χ0v) is 6.29. The van der Waals surface area contributed by atoms with E-state index in [9.17, 15) is 4.79 Å². The molecule has 0 rings (SSSR count). The summed E-state index contributed by atoms with van der Waals surface area (Å²) in [5.74, 6) is -0.493. The van der Waals surface area contributed by atoms with Gasteiger partial charge in [-0.05, 0) is 6.92 Å². The summed E-state index contributed by atoms with van der Waals surface area (Å²) in [4.78, 5) is 10.9. The smallest absolute Gasteiger partial charge is 0.229 e. The molecule has 0 radical (unpaired) electrons. The minimum atomic E-state index is -0.356. The second kappa shape index (κ2) is 3.40. The van der Waals surface area contributed by atoms with Gasteiger partial charge in [0.15, 0.2) is 0 Å². The molecule has 3 nitrogen and oxygen atoms in total. The van der Waals surface area contributed by atoms with Crippen LogP contribution in [0.15, 0.2) is 0 Å². The average molecular weight is 146 g/mol. The number of carbonyl (C=O) groups excluding carboxylic acids is 1. The van der Waals surface area contributed by atoms with Crippen molar-refractivity contribution in [2.45, 2.75) is 6.92 Å². The zero-order chi connectivity index (χ0) is 7.44. The summed E-state index contributed by atoms with van der Waals surface area (Å²) in [6.45, 7) is 1.67. The molecule has 0 aromatic rings. The lowest BCUT2D eigenvalue weighted by Gasteiger charge is -2.05. The summed E-state index contributed by atoms with van der Waals surface area (Å²) < 4.78 is 0. The third kappa shape index (κ3) is 2.41. The van der Waals surface area contributed by atoms with Crippen LogP contribution < -0.4 is 11.1 Å². The molecule has 0 aliphatic rings. The van der Waals surface area contributed by atoms with Gasteiger partial charge in [0, 0.05) is 7.05 Å². The van der Waals surface area contributed by atoms with Gasteiger partial charge in [0.05, 0.1) is 10.9 Å². The van der Waals surface area contributed by atoms with E-state index in [1.54, 1.807) is 14.0 Å². The van der Waals surface area contributed by atoms with Crippen LogP contribution in [0.5, 0.6) is 0 Å². The van der Waals surface area contributed by atoms with Crippen molar-refractivity contribution >= 4 is 23.1 Å². The van der Waals surface area contributed by atoms with E-state index in [4.69, 9.17) is 5.73 Å². The molecule has 9 heavy (non-hydrogen) atoms. The molecule has 0 saturated carbocycles. The summed E-state index contributed by atoms with van der Waals surface area (Å²) >= 11 is 4.58. The number of nitrogens with two attached hydrogens (primary N) is 1. The molecule has 0 aromatic heterocycles. The van der Waals surface area contributed by atoms with Gasteiger partial charge in [-0.1, -0.05) is 12.2 Å². The monoisotopic (exact) mass is 146 g/mol. The molecular formula is C5H10N2OS. The van der Waals surface area contributed by atoms with Gasteiger partial charge in [0.2, 0.25) is 5.91 Å². The van der Waals surface area contributed by atoms with Gasteiger partial charge >= 0.3 is 0 Å². The van der Waals surface area contributed by atoms with Crippen LogP contribution in [-0.4, -0.2) is 17.9 Å². The van der Waals surface area contributed by atoms with Crippen molar-refractivity contribution in [3.05, 3.63) is 0 Å². The predicted octanol–water partition coefficient (Wildman–Crippen LogP) is -0.345. The van der Waals surface area contributed by atoms with Crippen molar-refractivity contribution in [2.75, 3.05) is 7.05 Å². The van der Waals surface area contributed by atoms with Gasteiger partial charge in [0.1, 0.15) is 0 Å². The Morgan fingerprint density at radius 1 is 1.78 bits per heavy atom. The van der Waals surface area contributed by atoms with Gasteiger partial charge in [-0.3, -0.25) is 4.79 Å². The molecule has 0 aromatic carbocycles. The molecule has 1 unspecified atom stereocenters. The third-order valence-electron chi connectivity index (χ3n) is 1.07. The van der Waals surface area contributed by atoms with Crippen LogP contribution in [-0.2, 0) is 4.79 Å². The first kappa shape index (κ1) is 8.36. The summed E-state index contributed by atoms with van der Waals surface area (Å²) in [7, 11) is 1.55. The average Bonchev–Trinajstić information content (AvgIpc) is 1.84. The molecule has 3 N–H and O–H groups in total. The Hall–Kier alpha value is -0.640. The van der Waals surface area contributed by atoms with E-state index < -0.39 is 0 Å². The van der Waals surface area contributed by atoms with E-state index in [-0.39, 0.29) is 16.8 Å². The second-order valence-electron chi connectivity index (χ2n) is 1.74. The topological polar surface area (TPSA) is 55.1 Å². The third-order valence-corrected chi connectivity index (χ3v) is 1.42. The van der Waals surface area contributed by atoms with E-state index in [0.29, 0.717) is 0 Å². The van der Waals surface area contributed by atoms with Crippen LogP contribution in [0.4, 0.5) is 0 Å². The molecule has 0 heterocycles. The van der Waals surface area contributed by atoms with Crippen molar-refractivity contribution in [1.82, 2.24) is 5.32 Å². The summed E-state index contributed by atoms with van der Waals surface area (Å²) in [5.41, 5.74) is 5.18. The Kier molecular flexibility index (Phi) is 3.16. The molecule has 0 bridgehead atoms. The minimum Gasteiger partial charge on any atom is -0.393 e. The lowest BCUT2D eigenvalue weighted by Crippen LogP contribution is -2.33. The van der Waals surface area contributed by atoms with E-state index in [1.165, 1.54) is 0 Å². The van der Waals surface area contributed by atoms with Crippen LogP contribution >= 0.6 is 12.2 Å². The van der Waals surface area contributed by atoms with Crippen LogP contribution in [0, 0.1) is 5.92 Å². The van der Waals surface area contributed by atoms with Gasteiger partial charge in [-0.15, -0.1) is 0 Å². The maximum absolute atomic E-state index is 10.7. The van der Waals surface area contributed by atoms with E-state index in [2.05, 4.69) is 17.5 Å². The highest BCUT2D eigenvalue weighted by molar-refractivity contribution is 7.80. The van der Waals surface area contributed by atoms with Gasteiger partial charge in [-0.25, -0.2) is 0 Å². The molecule has 0 aliphatic carbocycles. The highest BCUT2D eigenvalue weighted by Gasteiger charge is 2.12. The van der Waals surface area contributed by atoms with E-state index in [0.717, 1.165) is 0 Å². The van der Waals surface area contributed by atoms with Crippen molar-refractivity contribution in [1.29, 1.82) is 0 Å². The SMILES string of the molecule is CNC(=O)C(C)C(N)=S. The Morgan fingerprint density at radius 2 is 2.22 bits per heavy atom. The van der Waals surface area contributed by atoms with E-state index >= 15 is 0 Å². The van der Waals surface area contributed by atoms with Gasteiger partial charge in [-0.2, -0.15) is 0 Å². The highest BCUT2D eigenvalue weighted by atomic mass is 32.1. The molecule has 0 fully saturated rings. The molecule has 0 aliphatic heterocycles. The number of rotatable bonds is 2. The maximum Gasteiger partial charge on any atom is 0.229 e. The fraction of sp³-hybridized carbons (Fsp3) is 0.600. The Labute approximate surface area is 59.6 Å². The normalized spacial score (nSPS) is 12.2. The standard InChI is InChI=1S/C5H10N2OS/c1-3(4(6)9)5(8)7-2/h3H,1-2H3,(H2,6,9)(H,7,8). The quantitative estimate of drug-likeness (QED) is 0.524. The first-order valence-electron chi connectivity index (χ1n) is 2.60. The first-order chi connectivity index (χ1) is 4.09. The fourth-order valence-electron chi connectivity index (χ4n) is 0.346. The number of nitrogens with one attached hydrogen (secondary N) is 1. The highest BCUT2D eigenvalue weighted by Crippen LogP contribution is 1.92. The van der Waals surface area contributed by atoms with E-state index in [1.807, 2.05) is 0 Å². The molecular weight excluding hydrogens is 136 g/mol. The Morgan fingerprint density at radius 3 is 2.33 bits per heavy atom. The number of thiocarbonyl (C=S) groups is 1. The number of carbonyl (C=O) groups is 1. The van der Waals surface area contributed by atoms with Crippen molar-refractivity contribution in [2.24, 2.45) is 11.7 Å².